The van der Waals surface area contributed by atoms with Crippen LogP contribution >= 0.6 is 0 Å². The van der Waals surface area contributed by atoms with Gasteiger partial charge in [-0.25, -0.2) is 14.6 Å². The summed E-state index contributed by atoms with van der Waals surface area (Å²) < 4.78 is 3.73. The van der Waals surface area contributed by atoms with Crippen LogP contribution in [0.3, 0.4) is 0 Å². The lowest BCUT2D eigenvalue weighted by molar-refractivity contribution is -0.115. The van der Waals surface area contributed by atoms with Crippen LogP contribution in [0.4, 0.5) is 5.82 Å². The lowest BCUT2D eigenvalue weighted by atomic mass is 9.92. The number of nitrogens with zero attached hydrogens (tertiary/aromatic N) is 5. The topological polar surface area (TPSA) is 77.6 Å². The summed E-state index contributed by atoms with van der Waals surface area (Å²) in [4.78, 5) is 21.7. The number of imidazole rings is 1. The predicted octanol–water partition coefficient (Wildman–Crippen LogP) is 5.08. The number of rotatable bonds is 5. The molecule has 0 fully saturated rings. The maximum atomic E-state index is 12.9. The van der Waals surface area contributed by atoms with Crippen LogP contribution < -0.4 is 5.32 Å². The minimum Gasteiger partial charge on any atom is -0.310 e. The van der Waals surface area contributed by atoms with E-state index in [9.17, 15) is 4.79 Å². The monoisotopic (exact) mass is 450 g/mol. The van der Waals surface area contributed by atoms with Gasteiger partial charge in [0.25, 0.3) is 0 Å². The summed E-state index contributed by atoms with van der Waals surface area (Å²) in [5.41, 5.74) is 5.19. The Bertz CT molecular complexity index is 1440. The normalized spacial score (nSPS) is 11.6. The molecule has 5 aromatic rings. The number of fused-ring (bicyclic) bond motifs is 1. The number of aromatic nitrogens is 5. The van der Waals surface area contributed by atoms with Crippen molar-refractivity contribution in [3.8, 4) is 11.4 Å². The highest BCUT2D eigenvalue weighted by Crippen LogP contribution is 2.26. The van der Waals surface area contributed by atoms with E-state index in [4.69, 9.17) is 5.10 Å². The molecule has 0 bridgehead atoms. The average molecular weight is 451 g/mol. The molecule has 0 unspecified atom stereocenters. The van der Waals surface area contributed by atoms with Gasteiger partial charge in [-0.05, 0) is 42.0 Å². The largest absolute Gasteiger partial charge is 0.310 e. The van der Waals surface area contributed by atoms with Crippen molar-refractivity contribution in [1.29, 1.82) is 0 Å². The molecule has 5 rings (SSSR count). The van der Waals surface area contributed by atoms with E-state index >= 15 is 0 Å². The Hall–Kier alpha value is -4.26. The molecule has 170 valence electrons. The van der Waals surface area contributed by atoms with Gasteiger partial charge in [0.05, 0.1) is 17.8 Å². The Morgan fingerprint density at radius 2 is 1.68 bits per heavy atom. The lowest BCUT2D eigenvalue weighted by Gasteiger charge is -2.14. The Balaban J connectivity index is 1.35. The van der Waals surface area contributed by atoms with Crippen molar-refractivity contribution in [2.75, 3.05) is 5.32 Å². The van der Waals surface area contributed by atoms with Crippen LogP contribution in [-0.4, -0.2) is 30.2 Å². The zero-order valence-electron chi connectivity index (χ0n) is 19.4. The number of pyridine rings is 1. The molecule has 0 saturated heterocycles. The smallest absolute Gasteiger partial charge is 0.229 e. The van der Waals surface area contributed by atoms with E-state index in [0.717, 1.165) is 33.8 Å². The van der Waals surface area contributed by atoms with E-state index < -0.39 is 0 Å². The molecule has 0 atom stereocenters. The van der Waals surface area contributed by atoms with Crippen LogP contribution in [0.15, 0.2) is 85.3 Å². The number of nitrogens with one attached hydrogen (secondary N) is 1. The molecule has 1 amide bonds. The zero-order valence-corrected chi connectivity index (χ0v) is 19.4. The van der Waals surface area contributed by atoms with E-state index in [1.165, 1.54) is 0 Å². The lowest BCUT2D eigenvalue weighted by Crippen LogP contribution is -2.17. The van der Waals surface area contributed by atoms with E-state index in [1.807, 2.05) is 77.4 Å². The van der Waals surface area contributed by atoms with Crippen molar-refractivity contribution in [1.82, 2.24) is 24.3 Å². The number of carbonyl (C=O) groups excluding carboxylic acids is 1. The Morgan fingerprint density at radius 1 is 0.912 bits per heavy atom. The third kappa shape index (κ3) is 4.32. The van der Waals surface area contributed by atoms with Gasteiger partial charge in [0.2, 0.25) is 5.91 Å². The van der Waals surface area contributed by atoms with Crippen molar-refractivity contribution in [2.24, 2.45) is 0 Å². The van der Waals surface area contributed by atoms with E-state index in [0.29, 0.717) is 5.82 Å². The molecule has 0 saturated carbocycles. The third-order valence-corrected chi connectivity index (χ3v) is 5.63. The molecular weight excluding hydrogens is 424 g/mol. The van der Waals surface area contributed by atoms with Gasteiger partial charge in [-0.3, -0.25) is 9.36 Å². The SMILES string of the molecule is CC(C)(C)c1cc(NC(=O)Cc2ccc(-n3cnc4cccnc43)cc2)n(-c2ccccc2)n1. The minimum absolute atomic E-state index is 0.0972. The number of anilines is 1. The van der Waals surface area contributed by atoms with Gasteiger partial charge >= 0.3 is 0 Å². The average Bonchev–Trinajstić information content (AvgIpc) is 3.45. The van der Waals surface area contributed by atoms with Gasteiger partial charge in [-0.15, -0.1) is 0 Å². The highest BCUT2D eigenvalue weighted by Gasteiger charge is 2.21. The van der Waals surface area contributed by atoms with Crippen LogP contribution in [0.2, 0.25) is 0 Å². The summed E-state index contributed by atoms with van der Waals surface area (Å²) in [6, 6.07) is 23.4. The second kappa shape index (κ2) is 8.59. The number of hydrogen-bond acceptors (Lipinski definition) is 4. The quantitative estimate of drug-likeness (QED) is 0.405. The van der Waals surface area contributed by atoms with Gasteiger partial charge in [0.15, 0.2) is 5.65 Å². The minimum atomic E-state index is -0.137. The molecule has 3 aromatic heterocycles. The van der Waals surface area contributed by atoms with Gasteiger partial charge in [-0.2, -0.15) is 5.10 Å². The Morgan fingerprint density at radius 3 is 2.41 bits per heavy atom. The molecule has 3 heterocycles. The van der Waals surface area contributed by atoms with Crippen molar-refractivity contribution >= 4 is 22.9 Å². The van der Waals surface area contributed by atoms with Gasteiger partial charge in [0.1, 0.15) is 17.7 Å². The molecule has 0 radical (unpaired) electrons. The summed E-state index contributed by atoms with van der Waals surface area (Å²) in [6.45, 7) is 6.32. The van der Waals surface area contributed by atoms with Crippen molar-refractivity contribution in [3.63, 3.8) is 0 Å². The first-order valence-corrected chi connectivity index (χ1v) is 11.2. The van der Waals surface area contributed by atoms with Crippen LogP contribution in [0.25, 0.3) is 22.5 Å². The first-order valence-electron chi connectivity index (χ1n) is 11.2. The first-order chi connectivity index (χ1) is 16.4. The third-order valence-electron chi connectivity index (χ3n) is 5.63. The standard InChI is InChI=1S/C27H26N6O/c1-27(2,3)23-17-24(33(31-23)21-8-5-4-6-9-21)30-25(34)16-19-11-13-20(14-12-19)32-18-29-22-10-7-15-28-26(22)32/h4-15,17-18H,16H2,1-3H3,(H,30,34). The molecule has 1 N–H and O–H groups in total. The van der Waals surface area contributed by atoms with Crippen LogP contribution in [0.5, 0.6) is 0 Å². The number of carbonyl (C=O) groups is 1. The van der Waals surface area contributed by atoms with Crippen LogP contribution in [0, 0.1) is 0 Å². The number of benzene rings is 2. The fourth-order valence-corrected chi connectivity index (χ4v) is 3.79. The zero-order chi connectivity index (χ0) is 23.7. The second-order valence-electron chi connectivity index (χ2n) is 9.26. The van der Waals surface area contributed by atoms with Gasteiger partial charge in [-0.1, -0.05) is 51.1 Å². The summed E-state index contributed by atoms with van der Waals surface area (Å²) in [5, 5.41) is 7.82. The second-order valence-corrected chi connectivity index (χ2v) is 9.26. The number of para-hydroxylation sites is 1. The molecule has 7 heteroatoms. The highest BCUT2D eigenvalue weighted by molar-refractivity contribution is 5.92. The summed E-state index contributed by atoms with van der Waals surface area (Å²) in [5.74, 6) is 0.564. The number of hydrogen-bond donors (Lipinski definition) is 1. The van der Waals surface area contributed by atoms with Crippen LogP contribution in [0.1, 0.15) is 32.0 Å². The van der Waals surface area contributed by atoms with E-state index in [-0.39, 0.29) is 17.7 Å². The van der Waals surface area contributed by atoms with Crippen molar-refractivity contribution in [2.45, 2.75) is 32.6 Å². The summed E-state index contributed by atoms with van der Waals surface area (Å²) in [6.07, 6.45) is 3.77. The molecule has 0 aliphatic rings. The fraction of sp³-hybridized carbons (Fsp3) is 0.185. The Labute approximate surface area is 198 Å². The Kier molecular flexibility index (Phi) is 5.45. The molecule has 7 nitrogen and oxygen atoms in total. The number of amides is 1. The maximum Gasteiger partial charge on any atom is 0.229 e. The van der Waals surface area contributed by atoms with Gasteiger partial charge < -0.3 is 5.32 Å². The van der Waals surface area contributed by atoms with E-state index in [1.54, 1.807) is 17.2 Å². The van der Waals surface area contributed by atoms with Crippen LogP contribution in [-0.2, 0) is 16.6 Å². The predicted molar refractivity (Wildman–Crippen MR) is 133 cm³/mol. The molecular formula is C27H26N6O. The molecule has 0 aliphatic carbocycles. The van der Waals surface area contributed by atoms with Crippen molar-refractivity contribution in [3.05, 3.63) is 96.6 Å². The van der Waals surface area contributed by atoms with Crippen molar-refractivity contribution < 1.29 is 4.79 Å². The fourth-order valence-electron chi connectivity index (χ4n) is 3.79. The molecule has 34 heavy (non-hydrogen) atoms. The molecule has 0 aliphatic heterocycles. The maximum absolute atomic E-state index is 12.9. The van der Waals surface area contributed by atoms with E-state index in [2.05, 4.69) is 36.1 Å². The van der Waals surface area contributed by atoms with Gasteiger partial charge in [0, 0.05) is 23.4 Å². The summed E-state index contributed by atoms with van der Waals surface area (Å²) >= 11 is 0. The first kappa shape index (κ1) is 21.6. The summed E-state index contributed by atoms with van der Waals surface area (Å²) in [7, 11) is 0. The molecule has 2 aromatic carbocycles. The molecule has 0 spiro atoms. The highest BCUT2D eigenvalue weighted by atomic mass is 16.1.